The first-order valence-electron chi connectivity index (χ1n) is 12.5. The summed E-state index contributed by atoms with van der Waals surface area (Å²) in [6.07, 6.45) is 3.11. The summed E-state index contributed by atoms with van der Waals surface area (Å²) in [5.74, 6) is -1.52. The topological polar surface area (TPSA) is 62.7 Å². The van der Waals surface area contributed by atoms with Crippen molar-refractivity contribution in [3.63, 3.8) is 0 Å². The maximum atomic E-state index is 12.9. The van der Waals surface area contributed by atoms with Crippen LogP contribution in [0.3, 0.4) is 0 Å². The minimum Gasteiger partial charge on any atom is -0.489 e. The Hall–Kier alpha value is -1.87. The lowest BCUT2D eigenvalue weighted by molar-refractivity contribution is -0.185. The molecule has 0 radical (unpaired) electrons. The van der Waals surface area contributed by atoms with E-state index in [2.05, 4.69) is 26.9 Å². The highest BCUT2D eigenvalue weighted by Gasteiger charge is 2.42. The molecule has 2 saturated heterocycles. The van der Waals surface area contributed by atoms with Crippen molar-refractivity contribution < 1.29 is 27.8 Å². The Morgan fingerprint density at radius 3 is 2.43 bits per heavy atom. The van der Waals surface area contributed by atoms with E-state index < -0.39 is 18.1 Å². The Morgan fingerprint density at radius 1 is 1.11 bits per heavy atom. The predicted octanol–water partition coefficient (Wildman–Crippen LogP) is 6.71. The Labute approximate surface area is 211 Å². The van der Waals surface area contributed by atoms with E-state index >= 15 is 0 Å². The third-order valence-electron chi connectivity index (χ3n) is 8.11. The van der Waals surface area contributed by atoms with Crippen molar-refractivity contribution in [2.75, 3.05) is 0 Å². The molecule has 2 aromatic rings. The lowest BCUT2D eigenvalue weighted by Gasteiger charge is -2.48. The lowest BCUT2D eigenvalue weighted by atomic mass is 9.78. The van der Waals surface area contributed by atoms with Gasteiger partial charge in [-0.1, -0.05) is 12.5 Å². The summed E-state index contributed by atoms with van der Waals surface area (Å²) in [6.45, 7) is 0.704. The molecule has 1 aromatic carbocycles. The van der Waals surface area contributed by atoms with Crippen LogP contribution in [-0.2, 0) is 11.3 Å². The van der Waals surface area contributed by atoms with Crippen LogP contribution in [0.1, 0.15) is 63.5 Å². The molecule has 5 rings (SSSR count). The molecule has 190 valence electrons. The molecule has 1 N–H and O–H groups in total. The number of halogens is 4. The van der Waals surface area contributed by atoms with E-state index in [1.54, 1.807) is 0 Å². The van der Waals surface area contributed by atoms with Crippen molar-refractivity contribution in [3.8, 4) is 5.75 Å². The number of pyridine rings is 1. The number of aliphatic carboxylic acids is 1. The number of aromatic nitrogens is 1. The molecule has 2 aliphatic heterocycles. The van der Waals surface area contributed by atoms with Gasteiger partial charge in [-0.25, -0.2) is 0 Å². The Kier molecular flexibility index (Phi) is 7.00. The molecule has 1 aliphatic carbocycles. The van der Waals surface area contributed by atoms with Gasteiger partial charge in [0.1, 0.15) is 5.75 Å². The smallest absolute Gasteiger partial charge is 0.391 e. The number of piperidine rings is 2. The molecular weight excluding hydrogens is 525 g/mol. The number of nitrogens with zero attached hydrogens (tertiary/aromatic N) is 2. The van der Waals surface area contributed by atoms with E-state index in [-0.39, 0.29) is 36.9 Å². The van der Waals surface area contributed by atoms with Gasteiger partial charge in [0, 0.05) is 30.2 Å². The van der Waals surface area contributed by atoms with Gasteiger partial charge in [0.25, 0.3) is 0 Å². The fourth-order valence-electron chi connectivity index (χ4n) is 6.20. The van der Waals surface area contributed by atoms with E-state index in [0.29, 0.717) is 38.0 Å². The second-order valence-electron chi connectivity index (χ2n) is 10.3. The van der Waals surface area contributed by atoms with Gasteiger partial charge in [-0.15, -0.1) is 0 Å². The monoisotopic (exact) mass is 554 g/mol. The van der Waals surface area contributed by atoms with Gasteiger partial charge in [-0.2, -0.15) is 13.2 Å². The zero-order valence-corrected chi connectivity index (χ0v) is 21.0. The molecule has 3 heterocycles. The third kappa shape index (κ3) is 5.31. The molecule has 5 nitrogen and oxygen atoms in total. The highest BCUT2D eigenvalue weighted by atomic mass is 79.9. The van der Waals surface area contributed by atoms with Crippen molar-refractivity contribution in [2.45, 2.75) is 88.7 Å². The SMILES string of the molecule is O=C(O)C1CC2CCCC(C1)N2Cc1cc2ccc(O[C@H]3CC[C@@H](C(F)(F)F)CC3)c(Br)c2cn1. The van der Waals surface area contributed by atoms with Crippen LogP contribution >= 0.6 is 15.9 Å². The van der Waals surface area contributed by atoms with Crippen molar-refractivity contribution in [2.24, 2.45) is 11.8 Å². The second kappa shape index (κ2) is 9.88. The van der Waals surface area contributed by atoms with Gasteiger partial charge < -0.3 is 9.84 Å². The second-order valence-corrected chi connectivity index (χ2v) is 11.1. The van der Waals surface area contributed by atoms with Crippen LogP contribution in [0.25, 0.3) is 10.8 Å². The Balaban J connectivity index is 1.27. The van der Waals surface area contributed by atoms with Gasteiger partial charge in [0.2, 0.25) is 0 Å². The number of ether oxygens (including phenoxy) is 1. The summed E-state index contributed by atoms with van der Waals surface area (Å²) >= 11 is 3.62. The molecule has 0 amide bonds. The van der Waals surface area contributed by atoms with Crippen molar-refractivity contribution >= 4 is 32.7 Å². The number of alkyl halides is 3. The van der Waals surface area contributed by atoms with Gasteiger partial charge in [0.05, 0.1) is 28.1 Å². The van der Waals surface area contributed by atoms with Gasteiger partial charge in [-0.05, 0) is 84.8 Å². The standard InChI is InChI=1S/C26H30BrF3N2O3/c27-24-22-13-31-18(14-32-19-2-1-3-20(32)12-16(11-19)25(33)34)10-15(22)4-9-23(24)35-21-7-5-17(6-8-21)26(28,29)30/h4,9-10,13,16-17,19-21H,1-3,5-8,11-12,14H2,(H,33,34)/t16?,17-,19?,20?,21+. The van der Waals surface area contributed by atoms with Crippen LogP contribution in [0.5, 0.6) is 5.75 Å². The highest BCUT2D eigenvalue weighted by Crippen LogP contribution is 2.41. The number of hydrogen-bond acceptors (Lipinski definition) is 4. The highest BCUT2D eigenvalue weighted by molar-refractivity contribution is 9.10. The minimum absolute atomic E-state index is 0.107. The first-order chi connectivity index (χ1) is 16.7. The van der Waals surface area contributed by atoms with E-state index in [1.165, 1.54) is 0 Å². The number of benzene rings is 1. The molecule has 2 bridgehead atoms. The molecule has 3 fully saturated rings. The fraction of sp³-hybridized carbons (Fsp3) is 0.615. The van der Waals surface area contributed by atoms with Crippen molar-refractivity contribution in [1.29, 1.82) is 0 Å². The van der Waals surface area contributed by atoms with Crippen LogP contribution in [0, 0.1) is 11.8 Å². The van der Waals surface area contributed by atoms with Gasteiger partial charge in [0.15, 0.2) is 0 Å². The predicted molar refractivity (Wildman–Crippen MR) is 129 cm³/mol. The van der Waals surface area contributed by atoms with E-state index in [4.69, 9.17) is 9.72 Å². The van der Waals surface area contributed by atoms with Crippen LogP contribution in [0.15, 0.2) is 28.9 Å². The maximum absolute atomic E-state index is 12.9. The molecule has 0 spiro atoms. The summed E-state index contributed by atoms with van der Waals surface area (Å²) in [7, 11) is 0. The molecule has 9 heteroatoms. The molecule has 1 aromatic heterocycles. The fourth-order valence-corrected chi connectivity index (χ4v) is 6.76. The molecule has 3 aliphatic rings. The number of hydrogen-bond donors (Lipinski definition) is 1. The first kappa shape index (κ1) is 24.8. The normalized spacial score (nSPS) is 29.8. The zero-order chi connectivity index (χ0) is 24.7. The summed E-state index contributed by atoms with van der Waals surface area (Å²) in [5, 5.41) is 11.4. The van der Waals surface area contributed by atoms with Crippen LogP contribution in [-0.4, -0.2) is 45.3 Å². The van der Waals surface area contributed by atoms with Crippen LogP contribution in [0.2, 0.25) is 0 Å². The van der Waals surface area contributed by atoms with E-state index in [0.717, 1.165) is 40.2 Å². The summed E-state index contributed by atoms with van der Waals surface area (Å²) in [6, 6.07) is 6.49. The summed E-state index contributed by atoms with van der Waals surface area (Å²) < 4.78 is 45.7. The number of fused-ring (bicyclic) bond motifs is 3. The Bertz CT molecular complexity index is 1070. The van der Waals surface area contributed by atoms with Crippen molar-refractivity contribution in [1.82, 2.24) is 9.88 Å². The van der Waals surface area contributed by atoms with E-state index in [9.17, 15) is 23.1 Å². The molecule has 1 saturated carbocycles. The summed E-state index contributed by atoms with van der Waals surface area (Å²) in [5.41, 5.74) is 0.953. The van der Waals surface area contributed by atoms with Crippen LogP contribution in [0.4, 0.5) is 13.2 Å². The minimum atomic E-state index is -4.12. The van der Waals surface area contributed by atoms with E-state index in [1.807, 2.05) is 18.3 Å². The lowest BCUT2D eigenvalue weighted by Crippen LogP contribution is -2.52. The van der Waals surface area contributed by atoms with Gasteiger partial charge >= 0.3 is 12.1 Å². The average Bonchev–Trinajstić information content (AvgIpc) is 2.80. The first-order valence-corrected chi connectivity index (χ1v) is 13.3. The van der Waals surface area contributed by atoms with Gasteiger partial charge in [-0.3, -0.25) is 14.7 Å². The number of rotatable bonds is 5. The maximum Gasteiger partial charge on any atom is 0.391 e. The average molecular weight is 555 g/mol. The zero-order valence-electron chi connectivity index (χ0n) is 19.4. The quantitative estimate of drug-likeness (QED) is 0.444. The molecule has 2 unspecified atom stereocenters. The molecule has 35 heavy (non-hydrogen) atoms. The molecule has 2 atom stereocenters. The van der Waals surface area contributed by atoms with Crippen molar-refractivity contribution in [3.05, 3.63) is 34.6 Å². The number of carbonyl (C=O) groups is 1. The number of carboxylic acid groups (broad SMARTS) is 1. The van der Waals surface area contributed by atoms with Crippen LogP contribution < -0.4 is 4.74 Å². The summed E-state index contributed by atoms with van der Waals surface area (Å²) in [4.78, 5) is 18.7. The largest absolute Gasteiger partial charge is 0.489 e. The Morgan fingerprint density at radius 2 is 1.80 bits per heavy atom. The number of carboxylic acids is 1. The molecular formula is C26H30BrF3N2O3. The third-order valence-corrected chi connectivity index (χ3v) is 8.93.